The molecule has 0 saturated carbocycles. The Kier molecular flexibility index (Phi) is 3.80. The molecule has 0 unspecified atom stereocenters. The molecular weight excluding hydrogens is 256 g/mol. The molecule has 0 fully saturated rings. The third-order valence-electron chi connectivity index (χ3n) is 2.04. The fourth-order valence-corrected chi connectivity index (χ4v) is 2.83. The van der Waals surface area contributed by atoms with E-state index in [0.29, 0.717) is 17.5 Å². The van der Waals surface area contributed by atoms with E-state index in [1.54, 1.807) is 11.3 Å². The second kappa shape index (κ2) is 5.33. The van der Waals surface area contributed by atoms with Crippen LogP contribution in [0.5, 0.6) is 0 Å². The smallest absolute Gasteiger partial charge is 0.216 e. The second-order valence-corrected chi connectivity index (χ2v) is 5.32. The topological polar surface area (TPSA) is 80.9 Å². The third kappa shape index (κ3) is 3.07. The molecule has 0 atom stereocenters. The van der Waals surface area contributed by atoms with Crippen LogP contribution in [0.3, 0.4) is 0 Å². The molecule has 0 spiro atoms. The van der Waals surface area contributed by atoms with Crippen molar-refractivity contribution in [1.29, 1.82) is 0 Å². The highest BCUT2D eigenvalue weighted by Gasteiger charge is 2.06. The first-order valence-electron chi connectivity index (χ1n) is 5.05. The monoisotopic (exact) mass is 268 g/mol. The highest BCUT2D eigenvalue weighted by atomic mass is 32.2. The summed E-state index contributed by atoms with van der Waals surface area (Å²) >= 11 is 3.03. The Labute approximate surface area is 107 Å². The maximum atomic E-state index is 10.7. The molecule has 7 heteroatoms. The van der Waals surface area contributed by atoms with E-state index < -0.39 is 0 Å². The number of nitrogens with zero attached hydrogens (tertiary/aromatic N) is 2. The summed E-state index contributed by atoms with van der Waals surface area (Å²) in [5.74, 6) is 1.22. The first kappa shape index (κ1) is 12.1. The second-order valence-electron chi connectivity index (χ2n) is 3.36. The van der Waals surface area contributed by atoms with Gasteiger partial charge in [-0.05, 0) is 11.4 Å². The quantitative estimate of drug-likeness (QED) is 0.499. The summed E-state index contributed by atoms with van der Waals surface area (Å²) in [6, 6.07) is 1.92. The molecule has 0 aliphatic rings. The van der Waals surface area contributed by atoms with E-state index >= 15 is 0 Å². The van der Waals surface area contributed by atoms with Gasteiger partial charge in [0, 0.05) is 19.2 Å². The number of aromatic nitrogens is 2. The zero-order valence-corrected chi connectivity index (χ0v) is 10.9. The summed E-state index contributed by atoms with van der Waals surface area (Å²) in [5.41, 5.74) is 5.83. The first-order valence-corrected chi connectivity index (χ1v) is 6.91. The van der Waals surface area contributed by atoms with Crippen LogP contribution >= 0.6 is 23.1 Å². The van der Waals surface area contributed by atoms with Crippen molar-refractivity contribution in [2.45, 2.75) is 12.1 Å². The number of thioether (sulfide) groups is 1. The molecule has 1 amide bonds. The summed E-state index contributed by atoms with van der Waals surface area (Å²) in [6.45, 7) is 2.10. The minimum absolute atomic E-state index is 0.0280. The van der Waals surface area contributed by atoms with Crippen LogP contribution in [0, 0.1) is 0 Å². The molecule has 0 saturated heterocycles. The van der Waals surface area contributed by atoms with Crippen LogP contribution in [0.25, 0.3) is 10.2 Å². The van der Waals surface area contributed by atoms with Gasteiger partial charge in [0.15, 0.2) is 5.16 Å². The molecule has 3 N–H and O–H groups in total. The molecule has 2 heterocycles. The Hall–Kier alpha value is -1.34. The van der Waals surface area contributed by atoms with Gasteiger partial charge in [-0.3, -0.25) is 4.79 Å². The van der Waals surface area contributed by atoms with E-state index in [0.717, 1.165) is 16.0 Å². The third-order valence-corrected chi connectivity index (χ3v) is 3.70. The van der Waals surface area contributed by atoms with Crippen molar-refractivity contribution in [2.24, 2.45) is 0 Å². The van der Waals surface area contributed by atoms with Crippen molar-refractivity contribution in [3.8, 4) is 0 Å². The minimum Gasteiger partial charge on any atom is -0.383 e. The molecule has 2 aromatic heterocycles. The SMILES string of the molecule is CC(=O)NCCSc1nc(N)c2ccsc2n1. The zero-order chi connectivity index (χ0) is 12.3. The maximum Gasteiger partial charge on any atom is 0.216 e. The van der Waals surface area contributed by atoms with Crippen LogP contribution in [0.4, 0.5) is 5.82 Å². The summed E-state index contributed by atoms with van der Waals surface area (Å²) in [4.78, 5) is 20.2. The standard InChI is InChI=1S/C10H12N4OS2/c1-6(15)12-3-5-17-10-13-8(11)7-2-4-16-9(7)14-10/h2,4H,3,5H2,1H3,(H,12,15)(H2,11,13,14). The molecule has 0 radical (unpaired) electrons. The average Bonchev–Trinajstić information content (AvgIpc) is 2.72. The summed E-state index contributed by atoms with van der Waals surface area (Å²) in [5, 5.41) is 6.22. The molecule has 5 nitrogen and oxygen atoms in total. The van der Waals surface area contributed by atoms with Crippen LogP contribution < -0.4 is 11.1 Å². The van der Waals surface area contributed by atoms with Crippen molar-refractivity contribution in [3.63, 3.8) is 0 Å². The van der Waals surface area contributed by atoms with Crippen molar-refractivity contribution in [3.05, 3.63) is 11.4 Å². The van der Waals surface area contributed by atoms with E-state index in [2.05, 4.69) is 15.3 Å². The van der Waals surface area contributed by atoms with Crippen LogP contribution in [0.15, 0.2) is 16.6 Å². The predicted molar refractivity (Wildman–Crippen MR) is 71.2 cm³/mol. The first-order chi connectivity index (χ1) is 8.16. The molecule has 90 valence electrons. The van der Waals surface area contributed by atoms with E-state index in [4.69, 9.17) is 5.73 Å². The molecule has 17 heavy (non-hydrogen) atoms. The van der Waals surface area contributed by atoms with Gasteiger partial charge in [-0.15, -0.1) is 11.3 Å². The number of nitrogen functional groups attached to an aromatic ring is 1. The fourth-order valence-electron chi connectivity index (χ4n) is 1.29. The van der Waals surface area contributed by atoms with Gasteiger partial charge in [-0.25, -0.2) is 9.97 Å². The Morgan fingerprint density at radius 1 is 1.59 bits per heavy atom. The molecule has 2 rings (SSSR count). The lowest BCUT2D eigenvalue weighted by molar-refractivity contribution is -0.118. The Bertz CT molecular complexity index is 540. The van der Waals surface area contributed by atoms with Crippen LogP contribution in [0.1, 0.15) is 6.92 Å². The largest absolute Gasteiger partial charge is 0.383 e. The van der Waals surface area contributed by atoms with Gasteiger partial charge in [-0.2, -0.15) is 0 Å². The van der Waals surface area contributed by atoms with Gasteiger partial charge in [0.05, 0.1) is 5.39 Å². The van der Waals surface area contributed by atoms with Gasteiger partial charge in [-0.1, -0.05) is 11.8 Å². The average molecular weight is 268 g/mol. The number of nitrogens with two attached hydrogens (primary N) is 1. The minimum atomic E-state index is -0.0280. The van der Waals surface area contributed by atoms with Gasteiger partial charge in [0.2, 0.25) is 5.91 Å². The van der Waals surface area contributed by atoms with E-state index in [1.165, 1.54) is 18.7 Å². The van der Waals surface area contributed by atoms with E-state index in [9.17, 15) is 4.79 Å². The summed E-state index contributed by atoms with van der Waals surface area (Å²) in [6.07, 6.45) is 0. The normalized spacial score (nSPS) is 10.6. The lowest BCUT2D eigenvalue weighted by Crippen LogP contribution is -2.22. The number of nitrogens with one attached hydrogen (secondary N) is 1. The number of carbonyl (C=O) groups is 1. The molecule has 2 aromatic rings. The summed E-state index contributed by atoms with van der Waals surface area (Å²) in [7, 11) is 0. The number of carbonyl (C=O) groups excluding carboxylic acids is 1. The molecule has 0 aliphatic heterocycles. The molecule has 0 aromatic carbocycles. The van der Waals surface area contributed by atoms with E-state index in [1.807, 2.05) is 11.4 Å². The fraction of sp³-hybridized carbons (Fsp3) is 0.300. The zero-order valence-electron chi connectivity index (χ0n) is 9.27. The van der Waals surface area contributed by atoms with Crippen LogP contribution in [0.2, 0.25) is 0 Å². The molecule has 0 aliphatic carbocycles. The van der Waals surface area contributed by atoms with Crippen molar-refractivity contribution in [1.82, 2.24) is 15.3 Å². The number of thiophene rings is 1. The number of rotatable bonds is 4. The molecule has 0 bridgehead atoms. The summed E-state index contributed by atoms with van der Waals surface area (Å²) < 4.78 is 0. The van der Waals surface area contributed by atoms with Crippen molar-refractivity contribution in [2.75, 3.05) is 18.0 Å². The van der Waals surface area contributed by atoms with Gasteiger partial charge in [0.1, 0.15) is 10.6 Å². The van der Waals surface area contributed by atoms with Gasteiger partial charge >= 0.3 is 0 Å². The Morgan fingerprint density at radius 2 is 2.41 bits per heavy atom. The highest BCUT2D eigenvalue weighted by molar-refractivity contribution is 7.99. The lowest BCUT2D eigenvalue weighted by Gasteiger charge is -2.02. The van der Waals surface area contributed by atoms with Crippen LogP contribution in [-0.4, -0.2) is 28.2 Å². The van der Waals surface area contributed by atoms with Crippen LogP contribution in [-0.2, 0) is 4.79 Å². The number of fused-ring (bicyclic) bond motifs is 1. The number of amides is 1. The van der Waals surface area contributed by atoms with Gasteiger partial charge < -0.3 is 11.1 Å². The predicted octanol–water partition coefficient (Wildman–Crippen LogP) is 1.50. The maximum absolute atomic E-state index is 10.7. The van der Waals surface area contributed by atoms with Crippen molar-refractivity contribution >= 4 is 45.0 Å². The lowest BCUT2D eigenvalue weighted by atomic mass is 10.4. The Morgan fingerprint density at radius 3 is 3.18 bits per heavy atom. The number of hydrogen-bond donors (Lipinski definition) is 2. The highest BCUT2D eigenvalue weighted by Crippen LogP contribution is 2.25. The number of anilines is 1. The Balaban J connectivity index is 2.01. The molecular formula is C10H12N4OS2. The number of hydrogen-bond acceptors (Lipinski definition) is 6. The van der Waals surface area contributed by atoms with Gasteiger partial charge in [0.25, 0.3) is 0 Å². The van der Waals surface area contributed by atoms with E-state index in [-0.39, 0.29) is 5.91 Å². The van der Waals surface area contributed by atoms with Crippen molar-refractivity contribution < 1.29 is 4.79 Å².